The van der Waals surface area contributed by atoms with Crippen LogP contribution in [0, 0.1) is 11.8 Å². The van der Waals surface area contributed by atoms with Crippen LogP contribution in [0.2, 0.25) is 0 Å². The van der Waals surface area contributed by atoms with E-state index < -0.39 is 0 Å². The first-order chi connectivity index (χ1) is 12.6. The van der Waals surface area contributed by atoms with Crippen molar-refractivity contribution in [3.05, 3.63) is 46.9 Å². The van der Waals surface area contributed by atoms with Crippen molar-refractivity contribution in [2.45, 2.75) is 0 Å². The fourth-order valence-corrected chi connectivity index (χ4v) is 2.36. The van der Waals surface area contributed by atoms with Crippen LogP contribution >= 0.6 is 15.9 Å². The molecule has 26 heavy (non-hydrogen) atoms. The normalized spacial score (nSPS) is 9.50. The van der Waals surface area contributed by atoms with Gasteiger partial charge in [-0.2, -0.15) is 0 Å². The van der Waals surface area contributed by atoms with Crippen molar-refractivity contribution in [1.82, 2.24) is 5.32 Å². The molecule has 0 atom stereocenters. The summed E-state index contributed by atoms with van der Waals surface area (Å²) in [4.78, 5) is 11.9. The number of urea groups is 1. The molecule has 0 spiro atoms. The van der Waals surface area contributed by atoms with Gasteiger partial charge in [-0.25, -0.2) is 4.79 Å². The number of nitrogens with one attached hydrogen (secondary N) is 2. The molecule has 2 amide bonds. The van der Waals surface area contributed by atoms with E-state index in [9.17, 15) is 4.79 Å². The molecule has 0 heterocycles. The minimum absolute atomic E-state index is 0.201. The summed E-state index contributed by atoms with van der Waals surface area (Å²) < 4.78 is 16.8. The van der Waals surface area contributed by atoms with Crippen molar-refractivity contribution in [3.63, 3.8) is 0 Å². The van der Waals surface area contributed by atoms with Crippen molar-refractivity contribution in [2.75, 3.05) is 32.7 Å². The van der Waals surface area contributed by atoms with Crippen LogP contribution in [-0.2, 0) is 0 Å². The highest BCUT2D eigenvalue weighted by Gasteiger charge is 2.07. The summed E-state index contributed by atoms with van der Waals surface area (Å²) in [5, 5.41) is 5.35. The lowest BCUT2D eigenvalue weighted by molar-refractivity contribution is 0.253. The van der Waals surface area contributed by atoms with Gasteiger partial charge in [-0.1, -0.05) is 33.8 Å². The summed E-state index contributed by atoms with van der Waals surface area (Å²) in [6.45, 7) is 0.443. The Hall–Kier alpha value is -2.85. The van der Waals surface area contributed by atoms with Crippen molar-refractivity contribution in [2.24, 2.45) is 0 Å². The topological polar surface area (TPSA) is 68.8 Å². The first-order valence-corrected chi connectivity index (χ1v) is 8.52. The number of amides is 2. The van der Waals surface area contributed by atoms with E-state index in [-0.39, 0.29) is 19.2 Å². The van der Waals surface area contributed by atoms with Gasteiger partial charge >= 0.3 is 6.03 Å². The van der Waals surface area contributed by atoms with Crippen LogP contribution in [0.3, 0.4) is 0 Å². The summed E-state index contributed by atoms with van der Waals surface area (Å²) in [7, 11) is 3.09. The van der Waals surface area contributed by atoms with Crippen LogP contribution in [0.5, 0.6) is 17.2 Å². The largest absolute Gasteiger partial charge is 0.497 e. The third-order valence-corrected chi connectivity index (χ3v) is 3.72. The van der Waals surface area contributed by atoms with Crippen molar-refractivity contribution in [1.29, 1.82) is 0 Å². The minimum Gasteiger partial charge on any atom is -0.497 e. The van der Waals surface area contributed by atoms with Gasteiger partial charge in [0, 0.05) is 10.5 Å². The standard InChI is InChI=1S/C19H19BrN2O4/c1-24-15-8-9-17(18(13-15)25-2)22-19(23)21-10-3-4-11-26-16-7-5-6-14(20)12-16/h5-9,12-13H,10-11H2,1-2H3,(H2,21,22,23). The Morgan fingerprint density at radius 2 is 1.92 bits per heavy atom. The molecular weight excluding hydrogens is 400 g/mol. The number of hydrogen-bond acceptors (Lipinski definition) is 4. The fourth-order valence-electron chi connectivity index (χ4n) is 1.98. The second-order valence-electron chi connectivity index (χ2n) is 4.97. The van der Waals surface area contributed by atoms with Crippen LogP contribution in [0.4, 0.5) is 10.5 Å². The lowest BCUT2D eigenvalue weighted by Gasteiger charge is -2.11. The molecule has 0 saturated carbocycles. The summed E-state index contributed by atoms with van der Waals surface area (Å²) in [6, 6.07) is 12.2. The Bertz CT molecular complexity index is 815. The highest BCUT2D eigenvalue weighted by molar-refractivity contribution is 9.10. The number of carbonyl (C=O) groups is 1. The molecule has 2 rings (SSSR count). The van der Waals surface area contributed by atoms with E-state index in [0.717, 1.165) is 10.2 Å². The molecule has 136 valence electrons. The molecule has 0 aliphatic rings. The summed E-state index contributed by atoms with van der Waals surface area (Å²) in [5.41, 5.74) is 0.539. The van der Waals surface area contributed by atoms with Crippen LogP contribution in [0.15, 0.2) is 46.9 Å². The van der Waals surface area contributed by atoms with Gasteiger partial charge in [0.15, 0.2) is 0 Å². The predicted octanol–water partition coefficient (Wildman–Crippen LogP) is 3.67. The zero-order valence-corrected chi connectivity index (χ0v) is 16.1. The van der Waals surface area contributed by atoms with Crippen molar-refractivity contribution >= 4 is 27.6 Å². The molecule has 0 unspecified atom stereocenters. The van der Waals surface area contributed by atoms with Gasteiger partial charge in [0.25, 0.3) is 0 Å². The molecule has 6 nitrogen and oxygen atoms in total. The third kappa shape index (κ3) is 6.22. The summed E-state index contributed by atoms with van der Waals surface area (Å²) in [5.74, 6) is 7.54. The highest BCUT2D eigenvalue weighted by Crippen LogP contribution is 2.28. The number of hydrogen-bond donors (Lipinski definition) is 2. The van der Waals surface area contributed by atoms with Crippen LogP contribution in [0.25, 0.3) is 0 Å². The maximum absolute atomic E-state index is 11.9. The molecule has 0 bridgehead atoms. The smallest absolute Gasteiger partial charge is 0.320 e. The zero-order valence-electron chi connectivity index (χ0n) is 14.5. The average Bonchev–Trinajstić information content (AvgIpc) is 2.65. The quantitative estimate of drug-likeness (QED) is 0.702. The minimum atomic E-state index is -0.379. The number of carbonyl (C=O) groups excluding carboxylic acids is 1. The van der Waals surface area contributed by atoms with Crippen LogP contribution in [0.1, 0.15) is 0 Å². The molecule has 0 aromatic heterocycles. The molecule has 2 aromatic rings. The van der Waals surface area contributed by atoms with Gasteiger partial charge < -0.3 is 24.8 Å². The Labute approximate surface area is 161 Å². The fraction of sp³-hybridized carbons (Fsp3) is 0.211. The van der Waals surface area contributed by atoms with E-state index in [1.54, 1.807) is 25.3 Å². The molecule has 0 saturated heterocycles. The molecule has 0 aliphatic heterocycles. The lowest BCUT2D eigenvalue weighted by Crippen LogP contribution is -2.29. The number of anilines is 1. The van der Waals surface area contributed by atoms with Crippen molar-refractivity contribution < 1.29 is 19.0 Å². The van der Waals surface area contributed by atoms with E-state index in [4.69, 9.17) is 14.2 Å². The summed E-state index contributed by atoms with van der Waals surface area (Å²) >= 11 is 3.37. The Balaban J connectivity index is 1.76. The number of benzene rings is 2. The Morgan fingerprint density at radius 1 is 1.08 bits per heavy atom. The zero-order chi connectivity index (χ0) is 18.8. The summed E-state index contributed by atoms with van der Waals surface area (Å²) in [6.07, 6.45) is 0. The second-order valence-corrected chi connectivity index (χ2v) is 5.89. The van der Waals surface area contributed by atoms with E-state index in [2.05, 4.69) is 38.4 Å². The molecule has 0 fully saturated rings. The van der Waals surface area contributed by atoms with Crippen LogP contribution in [-0.4, -0.2) is 33.4 Å². The SMILES string of the molecule is COc1ccc(NC(=O)NCC#CCOc2cccc(Br)c2)c(OC)c1. The van der Waals surface area contributed by atoms with E-state index in [0.29, 0.717) is 17.2 Å². The number of ether oxygens (including phenoxy) is 3. The maximum atomic E-state index is 11.9. The molecule has 2 N–H and O–H groups in total. The Kier molecular flexibility index (Phi) is 7.65. The Morgan fingerprint density at radius 3 is 2.65 bits per heavy atom. The van der Waals surface area contributed by atoms with E-state index >= 15 is 0 Å². The van der Waals surface area contributed by atoms with E-state index in [1.807, 2.05) is 24.3 Å². The van der Waals surface area contributed by atoms with Gasteiger partial charge in [-0.3, -0.25) is 0 Å². The van der Waals surface area contributed by atoms with Gasteiger partial charge in [0.1, 0.15) is 23.9 Å². The first-order valence-electron chi connectivity index (χ1n) is 7.73. The van der Waals surface area contributed by atoms with Crippen molar-refractivity contribution in [3.8, 4) is 29.1 Å². The first kappa shape index (κ1) is 19.5. The molecule has 0 aliphatic carbocycles. The van der Waals surface area contributed by atoms with Gasteiger partial charge in [0.2, 0.25) is 0 Å². The molecule has 0 radical (unpaired) electrons. The molecule has 2 aromatic carbocycles. The lowest BCUT2D eigenvalue weighted by atomic mass is 10.2. The van der Waals surface area contributed by atoms with Crippen LogP contribution < -0.4 is 24.8 Å². The maximum Gasteiger partial charge on any atom is 0.320 e. The molecule has 7 heteroatoms. The predicted molar refractivity (Wildman–Crippen MR) is 104 cm³/mol. The third-order valence-electron chi connectivity index (χ3n) is 3.23. The number of methoxy groups -OCH3 is 2. The monoisotopic (exact) mass is 418 g/mol. The van der Waals surface area contributed by atoms with Gasteiger partial charge in [-0.05, 0) is 30.3 Å². The number of halogens is 1. The highest BCUT2D eigenvalue weighted by atomic mass is 79.9. The average molecular weight is 419 g/mol. The van der Waals surface area contributed by atoms with E-state index in [1.165, 1.54) is 7.11 Å². The second kappa shape index (κ2) is 10.2. The number of rotatable bonds is 6. The van der Waals surface area contributed by atoms with Gasteiger partial charge in [0.05, 0.1) is 26.5 Å². The molecular formula is C19H19BrN2O4. The van der Waals surface area contributed by atoms with Gasteiger partial charge in [-0.15, -0.1) is 0 Å².